The van der Waals surface area contributed by atoms with Crippen LogP contribution in [-0.2, 0) is 0 Å². The molecule has 0 saturated heterocycles. The van der Waals surface area contributed by atoms with Crippen LogP contribution in [0.4, 0.5) is 83.9 Å². The maximum Gasteiger partial charge on any atom is 0.212 e. The van der Waals surface area contributed by atoms with E-state index < -0.39 is 35.0 Å². The van der Waals surface area contributed by atoms with E-state index in [-0.39, 0.29) is 33.1 Å². The zero-order valence-electron chi connectivity index (χ0n) is 76.0. The SMILES string of the molecule is Cc1cccc2nc(-c3ncccc3F)c(Nc3ccc4c(c3)OCCO4)n12.Cc1ccn2c(Nc3ccc4c(c3)OCCO4)c(-c3c(F)cccc3Cl)nc2c1.Cc1ccn2c(Nc3ccc4c(c3)OCCO4)c(-c3ccc(F)nc3)nc2c1.Cc1cncc2nc(-c3c(F)cccc3Cl)c(Nc3ccc4c(c3)OCCO4)n12.Fc1cccc(F)c1-c1nc2ccccn2c1Nc1ccc2c(c1)OCCO2. The summed E-state index contributed by atoms with van der Waals surface area (Å²) in [4.78, 5) is 35.3. The lowest BCUT2D eigenvalue weighted by atomic mass is 10.1. The number of aryl methyl sites for hydroxylation is 4. The number of imidazole rings is 5. The Morgan fingerprint density at radius 2 is 0.648 bits per heavy atom. The van der Waals surface area contributed by atoms with Crippen LogP contribution in [0.2, 0.25) is 10.0 Å². The predicted molar refractivity (Wildman–Crippen MR) is 529 cm³/mol. The number of fused-ring (bicyclic) bond motifs is 10. The Morgan fingerprint density at radius 3 is 1.11 bits per heavy atom. The van der Waals surface area contributed by atoms with Gasteiger partial charge in [0, 0.05) is 113 Å². The molecule has 28 nitrogen and oxygen atoms in total. The van der Waals surface area contributed by atoms with Crippen molar-refractivity contribution >= 4 is 109 Å². The summed E-state index contributed by atoms with van der Waals surface area (Å²) >= 11 is 12.7. The predicted octanol–water partition coefficient (Wildman–Crippen LogP) is 24.1. The number of halogens is 8. The van der Waals surface area contributed by atoms with Crippen molar-refractivity contribution in [3.63, 3.8) is 0 Å². The van der Waals surface area contributed by atoms with Gasteiger partial charge in [0.1, 0.15) is 175 Å². The molecule has 5 aliphatic heterocycles. The molecule has 0 atom stereocenters. The molecule has 0 bridgehead atoms. The maximum absolute atomic E-state index is 14.7. The van der Waals surface area contributed by atoms with Crippen molar-refractivity contribution in [1.82, 2.24) is 61.9 Å². The summed E-state index contributed by atoms with van der Waals surface area (Å²) in [6, 6.07) is 65.9. The normalized spacial score (nSPS) is 12.9. The van der Waals surface area contributed by atoms with Gasteiger partial charge in [-0.25, -0.2) is 51.9 Å². The first-order chi connectivity index (χ1) is 69.3. The van der Waals surface area contributed by atoms with Gasteiger partial charge in [-0.15, -0.1) is 0 Å². The van der Waals surface area contributed by atoms with Gasteiger partial charge in [-0.1, -0.05) is 53.5 Å². The molecule has 5 aliphatic rings. The van der Waals surface area contributed by atoms with Crippen LogP contribution in [0.3, 0.4) is 0 Å². The number of benzene rings is 8. The van der Waals surface area contributed by atoms with Gasteiger partial charge in [-0.2, -0.15) is 4.39 Å². The van der Waals surface area contributed by atoms with Gasteiger partial charge in [0.05, 0.1) is 32.9 Å². The number of rotatable bonds is 15. The third-order valence-electron chi connectivity index (χ3n) is 23.2. The average molecular weight is 1950 g/mol. The van der Waals surface area contributed by atoms with E-state index in [9.17, 15) is 26.3 Å². The minimum Gasteiger partial charge on any atom is -0.486 e. The average Bonchev–Trinajstić information content (AvgIpc) is 1.63. The van der Waals surface area contributed by atoms with Crippen molar-refractivity contribution in [3.8, 4) is 114 Å². The molecule has 36 heteroatoms. The zero-order valence-corrected chi connectivity index (χ0v) is 77.5. The number of hydrogen-bond acceptors (Lipinski definition) is 23. The van der Waals surface area contributed by atoms with Crippen LogP contribution in [0.25, 0.3) is 84.7 Å². The second-order valence-corrected chi connectivity index (χ2v) is 33.7. The molecule has 20 aromatic rings. The summed E-state index contributed by atoms with van der Waals surface area (Å²) in [7, 11) is 0. The van der Waals surface area contributed by atoms with E-state index in [2.05, 4.69) is 61.5 Å². The quantitative estimate of drug-likeness (QED) is 0.0471. The summed E-state index contributed by atoms with van der Waals surface area (Å²) < 4.78 is 152. The smallest absolute Gasteiger partial charge is 0.212 e. The van der Waals surface area contributed by atoms with Crippen molar-refractivity contribution in [2.24, 2.45) is 0 Å². The highest BCUT2D eigenvalue weighted by Crippen LogP contribution is 2.46. The highest BCUT2D eigenvalue weighted by molar-refractivity contribution is 6.34. The van der Waals surface area contributed by atoms with E-state index >= 15 is 0 Å². The van der Waals surface area contributed by atoms with Crippen molar-refractivity contribution in [3.05, 3.63) is 341 Å². The van der Waals surface area contributed by atoms with Crippen LogP contribution in [0.5, 0.6) is 57.5 Å². The first-order valence-electron chi connectivity index (χ1n) is 44.9. The second kappa shape index (κ2) is 39.6. The fourth-order valence-electron chi connectivity index (χ4n) is 16.7. The summed E-state index contributed by atoms with van der Waals surface area (Å²) in [5.74, 6) is 6.69. The number of hydrogen-bond donors (Lipinski definition) is 5. The Labute approximate surface area is 815 Å². The monoisotopic (exact) mass is 1950 g/mol. The molecule has 142 heavy (non-hydrogen) atoms. The topological polar surface area (TPSA) is 278 Å². The largest absolute Gasteiger partial charge is 0.486 e. The summed E-state index contributed by atoms with van der Waals surface area (Å²) in [6.45, 7) is 13.0. The molecule has 0 amide bonds. The lowest BCUT2D eigenvalue weighted by Gasteiger charge is -2.19. The van der Waals surface area contributed by atoms with Crippen LogP contribution in [0.1, 0.15) is 22.5 Å². The maximum atomic E-state index is 14.7. The standard InChI is InChI=1S/C22H17ClFN3O2.C21H16ClFN4O2.C21H15F2N3O2.2C21H17FN4O2/c1-13-7-8-27-19(11-13)26-21(20-15(23)3-2-4-16(20)24)22(27)25-14-5-6-17-18(12-14)29-10-9-28-17;1-12-10-24-11-18-26-20(19-14(22)3-2-4-15(19)23)21(27(12)18)25-13-5-6-16-17(9-13)29-8-7-28-16;22-14-4-3-5-15(23)19(14)20-21(26-9-2-1-6-18(26)25-20)24-13-7-8-16-17(12-13)28-11-10-27-16;1-13-6-7-26-19(10-13)25-20(14-2-5-18(22)23-12-14)21(26)24-15-3-4-16-17(11-15)28-9-8-27-16;1-13-4-2-6-18-25-20(19-15(22)5-3-9-23-19)21(26(13)18)24-14-7-8-16-17(12-14)28-11-10-27-16/h2-8,11-12,25H,9-10H2,1H3;2-6,9-11,25H,7-8H2,1H3;1-9,12,24H,10-11H2;2-7,10-12,24H,8-9H2,1H3;2-9,12,24H,10-11H2,1H3. The molecular formula is C106H82Cl2F6N18O10. The fraction of sp³-hybridized carbons (Fsp3) is 0.132. The van der Waals surface area contributed by atoms with Crippen molar-refractivity contribution in [2.45, 2.75) is 27.7 Å². The van der Waals surface area contributed by atoms with Gasteiger partial charge in [-0.05, 0) is 209 Å². The lowest BCUT2D eigenvalue weighted by molar-refractivity contribution is 0.171. The van der Waals surface area contributed by atoms with E-state index in [1.54, 1.807) is 83.8 Å². The Hall–Kier alpha value is -17.4. The molecule has 0 saturated carbocycles. The summed E-state index contributed by atoms with van der Waals surface area (Å²) in [5, 5.41) is 17.3. The number of ether oxygens (including phenoxy) is 10. The summed E-state index contributed by atoms with van der Waals surface area (Å²) in [6.07, 6.45) is 12.0. The Morgan fingerprint density at radius 1 is 0.275 bits per heavy atom. The number of nitrogens with zero attached hydrogens (tertiary/aromatic N) is 13. The number of nitrogens with one attached hydrogen (secondary N) is 5. The van der Waals surface area contributed by atoms with Gasteiger partial charge >= 0.3 is 0 Å². The van der Waals surface area contributed by atoms with Gasteiger partial charge in [-0.3, -0.25) is 32.0 Å². The highest BCUT2D eigenvalue weighted by Gasteiger charge is 2.30. The van der Waals surface area contributed by atoms with Gasteiger partial charge in [0.25, 0.3) is 0 Å². The lowest BCUT2D eigenvalue weighted by Crippen LogP contribution is -2.15. The number of pyridine rings is 6. The highest BCUT2D eigenvalue weighted by atomic mass is 35.5. The third-order valence-corrected chi connectivity index (χ3v) is 23.9. The fourth-order valence-corrected chi connectivity index (χ4v) is 17.2. The molecule has 0 unspecified atom stereocenters. The molecule has 0 radical (unpaired) electrons. The molecule has 12 aromatic heterocycles. The van der Waals surface area contributed by atoms with Crippen LogP contribution < -0.4 is 74.0 Å². The van der Waals surface area contributed by atoms with E-state index in [1.165, 1.54) is 48.7 Å². The Balaban J connectivity index is 0.000000105. The van der Waals surface area contributed by atoms with Crippen LogP contribution in [-0.4, -0.2) is 128 Å². The van der Waals surface area contributed by atoms with E-state index in [0.29, 0.717) is 197 Å². The Bertz CT molecular complexity index is 8170. The number of anilines is 10. The van der Waals surface area contributed by atoms with Crippen LogP contribution >= 0.6 is 23.2 Å². The third kappa shape index (κ3) is 18.8. The van der Waals surface area contributed by atoms with Crippen molar-refractivity contribution in [2.75, 3.05) is 92.7 Å². The van der Waals surface area contributed by atoms with E-state index in [4.69, 9.17) is 75.6 Å². The molecule has 17 heterocycles. The first kappa shape index (κ1) is 91.0. The molecule has 25 rings (SSSR count). The van der Waals surface area contributed by atoms with E-state index in [1.807, 2.05) is 191 Å². The molecular weight excluding hydrogens is 1870 g/mol. The minimum atomic E-state index is -0.673. The number of aromatic nitrogens is 13. The zero-order chi connectivity index (χ0) is 97.2. The van der Waals surface area contributed by atoms with Crippen LogP contribution in [0, 0.1) is 62.7 Å². The van der Waals surface area contributed by atoms with Gasteiger partial charge in [0.15, 0.2) is 69.0 Å². The van der Waals surface area contributed by atoms with Gasteiger partial charge < -0.3 is 74.0 Å². The van der Waals surface area contributed by atoms with Crippen molar-refractivity contribution < 1.29 is 73.7 Å². The second-order valence-electron chi connectivity index (χ2n) is 32.9. The molecule has 0 aliphatic carbocycles. The minimum absolute atomic E-state index is 0.175. The molecule has 5 N–H and O–H groups in total. The molecule has 712 valence electrons. The molecule has 0 fully saturated rings. The first-order valence-corrected chi connectivity index (χ1v) is 45.7. The van der Waals surface area contributed by atoms with E-state index in [0.717, 1.165) is 68.0 Å². The molecule has 8 aromatic carbocycles. The van der Waals surface area contributed by atoms with Crippen molar-refractivity contribution in [1.29, 1.82) is 0 Å². The molecule has 0 spiro atoms. The van der Waals surface area contributed by atoms with Crippen LogP contribution in [0.15, 0.2) is 274 Å². The summed E-state index contributed by atoms with van der Waals surface area (Å²) in [5.41, 5.74) is 14.5. The van der Waals surface area contributed by atoms with Gasteiger partial charge in [0.2, 0.25) is 5.95 Å². The Kier molecular flexibility index (Phi) is 25.4.